The van der Waals surface area contributed by atoms with Crippen LogP contribution in [-0.2, 0) is 9.59 Å². The number of quaternary nitrogens is 1. The van der Waals surface area contributed by atoms with Crippen LogP contribution in [0.1, 0.15) is 0 Å². The molecule has 0 saturated carbocycles. The topological polar surface area (TPSA) is 62.6 Å². The second-order valence-electron chi connectivity index (χ2n) is 6.48. The standard InChI is InChI=1S/C21H20ClN3O2/c1-25(13-20(26)23-18-10-7-17(22)8-11-18)14-21(27)24-19-9-6-15-4-2-3-5-16(15)12-19/h2-12H,13-14H2,1H3,(H,23,26)(H,24,27)/p+1. The fourth-order valence-corrected chi connectivity index (χ4v) is 2.95. The maximum absolute atomic E-state index is 12.3. The average Bonchev–Trinajstić information content (AvgIpc) is 2.63. The van der Waals surface area contributed by atoms with E-state index in [0.717, 1.165) is 21.4 Å². The van der Waals surface area contributed by atoms with Crippen molar-refractivity contribution in [2.45, 2.75) is 0 Å². The molecule has 138 valence electrons. The average molecular weight is 383 g/mol. The van der Waals surface area contributed by atoms with E-state index in [1.807, 2.05) is 42.5 Å². The van der Waals surface area contributed by atoms with E-state index >= 15 is 0 Å². The number of rotatable bonds is 6. The van der Waals surface area contributed by atoms with Crippen LogP contribution in [0.2, 0.25) is 5.02 Å². The molecule has 27 heavy (non-hydrogen) atoms. The van der Waals surface area contributed by atoms with E-state index in [2.05, 4.69) is 10.6 Å². The summed E-state index contributed by atoms with van der Waals surface area (Å²) in [5.41, 5.74) is 1.43. The van der Waals surface area contributed by atoms with Crippen LogP contribution in [0.15, 0.2) is 66.7 Å². The van der Waals surface area contributed by atoms with Crippen molar-refractivity contribution in [3.05, 3.63) is 71.8 Å². The number of hydrogen-bond acceptors (Lipinski definition) is 2. The molecule has 0 aliphatic heterocycles. The zero-order valence-corrected chi connectivity index (χ0v) is 15.7. The lowest BCUT2D eigenvalue weighted by atomic mass is 10.1. The Kier molecular flexibility index (Phi) is 6.06. The number of amides is 2. The lowest BCUT2D eigenvalue weighted by Gasteiger charge is -2.14. The first-order valence-electron chi connectivity index (χ1n) is 8.65. The summed E-state index contributed by atoms with van der Waals surface area (Å²) in [6.07, 6.45) is 0. The second-order valence-corrected chi connectivity index (χ2v) is 6.91. The number of fused-ring (bicyclic) bond motifs is 1. The van der Waals surface area contributed by atoms with E-state index in [1.165, 1.54) is 0 Å². The van der Waals surface area contributed by atoms with Crippen molar-refractivity contribution in [2.75, 3.05) is 30.8 Å². The molecule has 3 rings (SSSR count). The molecule has 0 radical (unpaired) electrons. The fraction of sp³-hybridized carbons (Fsp3) is 0.143. The van der Waals surface area contributed by atoms with Crippen LogP contribution < -0.4 is 15.5 Å². The Morgan fingerprint density at radius 3 is 2.04 bits per heavy atom. The first-order valence-corrected chi connectivity index (χ1v) is 9.03. The van der Waals surface area contributed by atoms with Crippen LogP contribution in [0, 0.1) is 0 Å². The van der Waals surface area contributed by atoms with Crippen LogP contribution in [0.4, 0.5) is 11.4 Å². The number of halogens is 1. The molecule has 3 aromatic carbocycles. The third-order valence-corrected chi connectivity index (χ3v) is 4.34. The second kappa shape index (κ2) is 8.66. The minimum atomic E-state index is -0.159. The molecule has 0 aliphatic carbocycles. The third-order valence-electron chi connectivity index (χ3n) is 4.09. The largest absolute Gasteiger partial charge is 0.322 e. The highest BCUT2D eigenvalue weighted by molar-refractivity contribution is 6.30. The van der Waals surface area contributed by atoms with Gasteiger partial charge in [0.05, 0.1) is 7.05 Å². The molecule has 0 saturated heterocycles. The maximum atomic E-state index is 12.3. The molecule has 2 amide bonds. The molecule has 5 nitrogen and oxygen atoms in total. The van der Waals surface area contributed by atoms with Crippen molar-refractivity contribution < 1.29 is 14.5 Å². The molecular weight excluding hydrogens is 362 g/mol. The molecular formula is C21H21ClN3O2+. The summed E-state index contributed by atoms with van der Waals surface area (Å²) in [5, 5.41) is 8.48. The van der Waals surface area contributed by atoms with Crippen LogP contribution in [-0.4, -0.2) is 32.0 Å². The number of carbonyl (C=O) groups excluding carboxylic acids is 2. The molecule has 0 aliphatic rings. The molecule has 3 aromatic rings. The predicted octanol–water partition coefficient (Wildman–Crippen LogP) is 2.59. The number of likely N-dealkylation sites (N-methyl/N-ethyl adjacent to an activating group) is 1. The molecule has 0 bridgehead atoms. The molecule has 0 aromatic heterocycles. The summed E-state index contributed by atoms with van der Waals surface area (Å²) in [6.45, 7) is 0.384. The zero-order chi connectivity index (χ0) is 19.2. The molecule has 0 spiro atoms. The van der Waals surface area contributed by atoms with Crippen molar-refractivity contribution >= 4 is 45.6 Å². The van der Waals surface area contributed by atoms with Gasteiger partial charge in [0.2, 0.25) is 0 Å². The maximum Gasteiger partial charge on any atom is 0.279 e. The molecule has 0 fully saturated rings. The van der Waals surface area contributed by atoms with E-state index in [1.54, 1.807) is 31.3 Å². The Morgan fingerprint density at radius 2 is 1.37 bits per heavy atom. The fourth-order valence-electron chi connectivity index (χ4n) is 2.82. The smallest absolute Gasteiger partial charge is 0.279 e. The predicted molar refractivity (Wildman–Crippen MR) is 109 cm³/mol. The van der Waals surface area contributed by atoms with Gasteiger partial charge < -0.3 is 15.5 Å². The van der Waals surface area contributed by atoms with Gasteiger partial charge in [-0.3, -0.25) is 9.59 Å². The van der Waals surface area contributed by atoms with Crippen molar-refractivity contribution in [2.24, 2.45) is 0 Å². The van der Waals surface area contributed by atoms with E-state index < -0.39 is 0 Å². The van der Waals surface area contributed by atoms with Gasteiger partial charge in [-0.15, -0.1) is 0 Å². The Morgan fingerprint density at radius 1 is 0.815 bits per heavy atom. The van der Waals surface area contributed by atoms with E-state index in [0.29, 0.717) is 10.7 Å². The SMILES string of the molecule is C[NH+](CC(=O)Nc1ccc(Cl)cc1)CC(=O)Nc1ccc2ccccc2c1. The van der Waals surface area contributed by atoms with Gasteiger partial charge in [0.15, 0.2) is 13.1 Å². The van der Waals surface area contributed by atoms with Gasteiger partial charge in [-0.25, -0.2) is 0 Å². The number of benzene rings is 3. The van der Waals surface area contributed by atoms with Crippen LogP contribution >= 0.6 is 11.6 Å². The van der Waals surface area contributed by atoms with Gasteiger partial charge >= 0.3 is 0 Å². The molecule has 3 N–H and O–H groups in total. The third kappa shape index (κ3) is 5.54. The van der Waals surface area contributed by atoms with Gasteiger partial charge in [0.25, 0.3) is 11.8 Å². The Bertz CT molecular complexity index is 957. The number of carbonyl (C=O) groups is 2. The van der Waals surface area contributed by atoms with Gasteiger partial charge in [-0.05, 0) is 47.2 Å². The van der Waals surface area contributed by atoms with Gasteiger partial charge in [-0.2, -0.15) is 0 Å². The van der Waals surface area contributed by atoms with Crippen LogP contribution in [0.5, 0.6) is 0 Å². The first kappa shape index (κ1) is 18.9. The van der Waals surface area contributed by atoms with Crippen LogP contribution in [0.25, 0.3) is 10.8 Å². The summed E-state index contributed by atoms with van der Waals surface area (Å²) in [6, 6.07) is 20.7. The van der Waals surface area contributed by atoms with E-state index in [-0.39, 0.29) is 24.9 Å². The summed E-state index contributed by atoms with van der Waals surface area (Å²) < 4.78 is 0. The molecule has 1 unspecified atom stereocenters. The van der Waals surface area contributed by atoms with Crippen molar-refractivity contribution in [3.8, 4) is 0 Å². The minimum Gasteiger partial charge on any atom is -0.322 e. The lowest BCUT2D eigenvalue weighted by Crippen LogP contribution is -3.11. The highest BCUT2D eigenvalue weighted by Crippen LogP contribution is 2.18. The molecule has 1 atom stereocenters. The van der Waals surface area contributed by atoms with Crippen molar-refractivity contribution in [1.29, 1.82) is 0 Å². The monoisotopic (exact) mass is 382 g/mol. The summed E-state index contributed by atoms with van der Waals surface area (Å²) in [7, 11) is 1.81. The highest BCUT2D eigenvalue weighted by atomic mass is 35.5. The quantitative estimate of drug-likeness (QED) is 0.613. The molecule has 6 heteroatoms. The Labute approximate surface area is 162 Å². The van der Waals surface area contributed by atoms with Gasteiger partial charge in [-0.1, -0.05) is 41.9 Å². The van der Waals surface area contributed by atoms with Gasteiger partial charge in [0, 0.05) is 16.4 Å². The summed E-state index contributed by atoms with van der Waals surface area (Å²) in [4.78, 5) is 25.1. The first-order chi connectivity index (χ1) is 13.0. The van der Waals surface area contributed by atoms with E-state index in [9.17, 15) is 9.59 Å². The highest BCUT2D eigenvalue weighted by Gasteiger charge is 2.14. The van der Waals surface area contributed by atoms with Crippen molar-refractivity contribution in [1.82, 2.24) is 0 Å². The summed E-state index contributed by atoms with van der Waals surface area (Å²) in [5.74, 6) is -0.296. The van der Waals surface area contributed by atoms with E-state index in [4.69, 9.17) is 11.6 Å². The summed E-state index contributed by atoms with van der Waals surface area (Å²) >= 11 is 5.83. The normalized spacial score (nSPS) is 11.8. The number of anilines is 2. The Balaban J connectivity index is 1.50. The van der Waals surface area contributed by atoms with Crippen molar-refractivity contribution in [3.63, 3.8) is 0 Å². The minimum absolute atomic E-state index is 0.137. The Hall–Kier alpha value is -2.89. The number of nitrogens with one attached hydrogen (secondary N) is 3. The zero-order valence-electron chi connectivity index (χ0n) is 15.0. The van der Waals surface area contributed by atoms with Gasteiger partial charge in [0.1, 0.15) is 0 Å². The number of hydrogen-bond donors (Lipinski definition) is 3. The lowest BCUT2D eigenvalue weighted by molar-refractivity contribution is -0.862. The molecule has 0 heterocycles. The van der Waals surface area contributed by atoms with Crippen LogP contribution in [0.3, 0.4) is 0 Å².